The van der Waals surface area contributed by atoms with Gasteiger partial charge in [0.1, 0.15) is 0 Å². The molecule has 3 rings (SSSR count). The van der Waals surface area contributed by atoms with Crippen LogP contribution in [-0.4, -0.2) is 28.6 Å². The molecule has 0 spiro atoms. The Morgan fingerprint density at radius 3 is 2.64 bits per heavy atom. The topological polar surface area (TPSA) is 94.3 Å². The van der Waals surface area contributed by atoms with Crippen LogP contribution in [0.3, 0.4) is 0 Å². The SMILES string of the molecule is O=C(COC(=O)CCc1nc(-c2ccccc2)no1)Nc1cccc(Cl)c1Cl. The molecule has 1 heterocycles. The lowest BCUT2D eigenvalue weighted by atomic mass is 10.2. The first-order chi connectivity index (χ1) is 13.5. The summed E-state index contributed by atoms with van der Waals surface area (Å²) in [6, 6.07) is 14.2. The lowest BCUT2D eigenvalue weighted by molar-refractivity contribution is -0.147. The number of nitrogens with zero attached hydrogens (tertiary/aromatic N) is 2. The number of aryl methyl sites for hydroxylation is 1. The zero-order valence-corrected chi connectivity index (χ0v) is 16.0. The molecule has 7 nitrogen and oxygen atoms in total. The molecule has 9 heteroatoms. The van der Waals surface area contributed by atoms with E-state index >= 15 is 0 Å². The van der Waals surface area contributed by atoms with Gasteiger partial charge < -0.3 is 14.6 Å². The monoisotopic (exact) mass is 419 g/mol. The molecule has 0 unspecified atom stereocenters. The molecule has 0 radical (unpaired) electrons. The number of carbonyl (C=O) groups is 2. The molecule has 0 aliphatic carbocycles. The highest BCUT2D eigenvalue weighted by Gasteiger charge is 2.13. The average molecular weight is 420 g/mol. The van der Waals surface area contributed by atoms with E-state index in [9.17, 15) is 9.59 Å². The van der Waals surface area contributed by atoms with Crippen LogP contribution in [0.1, 0.15) is 12.3 Å². The van der Waals surface area contributed by atoms with E-state index in [0.717, 1.165) is 5.56 Å². The summed E-state index contributed by atoms with van der Waals surface area (Å²) >= 11 is 11.9. The summed E-state index contributed by atoms with van der Waals surface area (Å²) in [5, 5.41) is 6.93. The number of ether oxygens (including phenoxy) is 1. The number of hydrogen-bond donors (Lipinski definition) is 1. The number of nitrogens with one attached hydrogen (secondary N) is 1. The second-order valence-corrected chi connectivity index (χ2v) is 6.47. The molecular weight excluding hydrogens is 405 g/mol. The highest BCUT2D eigenvalue weighted by molar-refractivity contribution is 6.44. The molecule has 3 aromatic rings. The van der Waals surface area contributed by atoms with Gasteiger partial charge in [-0.05, 0) is 12.1 Å². The Balaban J connectivity index is 1.44. The van der Waals surface area contributed by atoms with Crippen molar-refractivity contribution >= 4 is 40.8 Å². The predicted octanol–water partition coefficient (Wildman–Crippen LogP) is 4.16. The molecule has 0 atom stereocenters. The molecule has 28 heavy (non-hydrogen) atoms. The second kappa shape index (κ2) is 9.34. The van der Waals surface area contributed by atoms with Crippen molar-refractivity contribution < 1.29 is 18.8 Å². The minimum Gasteiger partial charge on any atom is -0.456 e. The number of amides is 1. The van der Waals surface area contributed by atoms with Crippen LogP contribution in [0.2, 0.25) is 10.0 Å². The van der Waals surface area contributed by atoms with Gasteiger partial charge in [0, 0.05) is 12.0 Å². The van der Waals surface area contributed by atoms with Crippen molar-refractivity contribution in [2.45, 2.75) is 12.8 Å². The Morgan fingerprint density at radius 1 is 1.07 bits per heavy atom. The number of carbonyl (C=O) groups excluding carboxylic acids is 2. The summed E-state index contributed by atoms with van der Waals surface area (Å²) in [5.41, 5.74) is 1.16. The van der Waals surface area contributed by atoms with Crippen LogP contribution in [0.25, 0.3) is 11.4 Å². The first-order valence-electron chi connectivity index (χ1n) is 8.30. The van der Waals surface area contributed by atoms with E-state index in [2.05, 4.69) is 15.5 Å². The van der Waals surface area contributed by atoms with Gasteiger partial charge in [0.15, 0.2) is 6.61 Å². The minimum atomic E-state index is -0.563. The van der Waals surface area contributed by atoms with Gasteiger partial charge in [0.25, 0.3) is 5.91 Å². The Kier molecular flexibility index (Phi) is 6.62. The standard InChI is InChI=1S/C19H15Cl2N3O4/c20-13-7-4-8-14(18(13)21)22-15(25)11-27-17(26)10-9-16-23-19(24-28-16)12-5-2-1-3-6-12/h1-8H,9-11H2,(H,22,25). The van der Waals surface area contributed by atoms with Crippen LogP contribution < -0.4 is 5.32 Å². The molecule has 1 aromatic heterocycles. The van der Waals surface area contributed by atoms with Crippen LogP contribution in [0, 0.1) is 0 Å². The summed E-state index contributed by atoms with van der Waals surface area (Å²) in [5.74, 6) is -0.332. The van der Waals surface area contributed by atoms with Crippen molar-refractivity contribution in [3.8, 4) is 11.4 Å². The van der Waals surface area contributed by atoms with Gasteiger partial charge >= 0.3 is 5.97 Å². The smallest absolute Gasteiger partial charge is 0.306 e. The van der Waals surface area contributed by atoms with Gasteiger partial charge in [-0.15, -0.1) is 0 Å². The summed E-state index contributed by atoms with van der Waals surface area (Å²) in [7, 11) is 0. The van der Waals surface area contributed by atoms with Crippen LogP contribution in [0.5, 0.6) is 0 Å². The maximum Gasteiger partial charge on any atom is 0.306 e. The van der Waals surface area contributed by atoms with Crippen LogP contribution in [0.15, 0.2) is 53.1 Å². The number of benzene rings is 2. The van der Waals surface area contributed by atoms with Crippen molar-refractivity contribution in [2.75, 3.05) is 11.9 Å². The maximum atomic E-state index is 11.9. The van der Waals surface area contributed by atoms with E-state index in [1.165, 1.54) is 0 Å². The molecule has 2 aromatic carbocycles. The van der Waals surface area contributed by atoms with Gasteiger partial charge in [-0.2, -0.15) is 4.98 Å². The van der Waals surface area contributed by atoms with Crippen molar-refractivity contribution in [3.63, 3.8) is 0 Å². The first-order valence-corrected chi connectivity index (χ1v) is 9.06. The van der Waals surface area contributed by atoms with Gasteiger partial charge in [-0.1, -0.05) is 64.8 Å². The molecule has 0 aliphatic rings. The normalized spacial score (nSPS) is 10.5. The summed E-state index contributed by atoms with van der Waals surface area (Å²) in [4.78, 5) is 27.9. The Hall–Kier alpha value is -2.90. The molecule has 0 aliphatic heterocycles. The fraction of sp³-hybridized carbons (Fsp3) is 0.158. The molecule has 144 valence electrons. The summed E-state index contributed by atoms with van der Waals surface area (Å²) < 4.78 is 10.1. The zero-order chi connectivity index (χ0) is 19.9. The third-order valence-electron chi connectivity index (χ3n) is 3.63. The van der Waals surface area contributed by atoms with Crippen LogP contribution in [0.4, 0.5) is 5.69 Å². The lowest BCUT2D eigenvalue weighted by Gasteiger charge is -2.08. The Labute approximate surface area is 170 Å². The minimum absolute atomic E-state index is 0.00161. The maximum absolute atomic E-state index is 11.9. The lowest BCUT2D eigenvalue weighted by Crippen LogP contribution is -2.21. The van der Waals surface area contributed by atoms with Crippen LogP contribution >= 0.6 is 23.2 Å². The molecule has 1 amide bonds. The summed E-state index contributed by atoms with van der Waals surface area (Å²) in [6.45, 7) is -0.444. The highest BCUT2D eigenvalue weighted by Crippen LogP contribution is 2.29. The van der Waals surface area contributed by atoms with Crippen molar-refractivity contribution in [1.82, 2.24) is 10.1 Å². The Bertz CT molecular complexity index is 976. The number of rotatable bonds is 7. The fourth-order valence-electron chi connectivity index (χ4n) is 2.27. The third kappa shape index (κ3) is 5.31. The largest absolute Gasteiger partial charge is 0.456 e. The van der Waals surface area contributed by atoms with Crippen molar-refractivity contribution in [2.24, 2.45) is 0 Å². The fourth-order valence-corrected chi connectivity index (χ4v) is 2.62. The van der Waals surface area contributed by atoms with Gasteiger partial charge in [0.05, 0.1) is 22.2 Å². The number of halogens is 2. The number of hydrogen-bond acceptors (Lipinski definition) is 6. The van der Waals surface area contributed by atoms with E-state index in [1.54, 1.807) is 18.2 Å². The van der Waals surface area contributed by atoms with Gasteiger partial charge in [-0.25, -0.2) is 0 Å². The Morgan fingerprint density at radius 2 is 1.86 bits per heavy atom. The van der Waals surface area contributed by atoms with Gasteiger partial charge in [0.2, 0.25) is 11.7 Å². The number of anilines is 1. The number of aromatic nitrogens is 2. The quantitative estimate of drug-likeness (QED) is 0.577. The first kappa shape index (κ1) is 19.9. The summed E-state index contributed by atoms with van der Waals surface area (Å²) in [6.07, 6.45) is 0.210. The van der Waals surface area contributed by atoms with E-state index in [-0.39, 0.29) is 17.9 Å². The highest BCUT2D eigenvalue weighted by atomic mass is 35.5. The van der Waals surface area contributed by atoms with E-state index in [0.29, 0.717) is 22.4 Å². The van der Waals surface area contributed by atoms with Crippen LogP contribution in [-0.2, 0) is 20.7 Å². The van der Waals surface area contributed by atoms with E-state index in [1.807, 2.05) is 30.3 Å². The van der Waals surface area contributed by atoms with E-state index in [4.69, 9.17) is 32.5 Å². The molecule has 1 N–H and O–H groups in total. The van der Waals surface area contributed by atoms with Crippen molar-refractivity contribution in [1.29, 1.82) is 0 Å². The molecule has 0 bridgehead atoms. The van der Waals surface area contributed by atoms with Gasteiger partial charge in [-0.3, -0.25) is 9.59 Å². The third-order valence-corrected chi connectivity index (χ3v) is 4.45. The second-order valence-electron chi connectivity index (χ2n) is 5.69. The molecule has 0 saturated heterocycles. The molecular formula is C19H15Cl2N3O4. The average Bonchev–Trinajstić information content (AvgIpc) is 3.18. The number of esters is 1. The predicted molar refractivity (Wildman–Crippen MR) is 104 cm³/mol. The zero-order valence-electron chi connectivity index (χ0n) is 14.5. The molecule has 0 fully saturated rings. The van der Waals surface area contributed by atoms with E-state index < -0.39 is 18.5 Å². The molecule has 0 saturated carbocycles. The van der Waals surface area contributed by atoms with Crippen molar-refractivity contribution in [3.05, 3.63) is 64.5 Å².